The Morgan fingerprint density at radius 2 is 1.94 bits per heavy atom. The summed E-state index contributed by atoms with van der Waals surface area (Å²) in [6.07, 6.45) is -3.48. The van der Waals surface area contributed by atoms with Gasteiger partial charge in [-0.3, -0.25) is 4.40 Å². The van der Waals surface area contributed by atoms with Crippen LogP contribution < -0.4 is 5.32 Å². The third kappa shape index (κ3) is 5.38. The molecule has 0 spiro atoms. The smallest absolute Gasteiger partial charge is 0.416 e. The Balaban J connectivity index is 1.59. The number of fused-ring (bicyclic) bond motifs is 1. The fraction of sp³-hybridized carbons (Fsp3) is 0.455. The van der Waals surface area contributed by atoms with E-state index >= 15 is 0 Å². The van der Waals surface area contributed by atoms with Crippen LogP contribution >= 0.6 is 0 Å². The van der Waals surface area contributed by atoms with Crippen molar-refractivity contribution in [3.8, 4) is 17.1 Å². The van der Waals surface area contributed by atoms with Crippen LogP contribution in [0.2, 0.25) is 0 Å². The third-order valence-electron chi connectivity index (χ3n) is 5.28. The van der Waals surface area contributed by atoms with Gasteiger partial charge in [0.25, 0.3) is 0 Å². The number of rotatable bonds is 3. The number of anilines is 1. The number of amides is 1. The van der Waals surface area contributed by atoms with Gasteiger partial charge in [-0.25, -0.2) is 14.2 Å². The highest BCUT2D eigenvalue weighted by atomic mass is 19.4. The highest BCUT2D eigenvalue weighted by Gasteiger charge is 2.34. The van der Waals surface area contributed by atoms with E-state index in [0.717, 1.165) is 12.1 Å². The Morgan fingerprint density at radius 1 is 1.20 bits per heavy atom. The van der Waals surface area contributed by atoms with Gasteiger partial charge in [-0.15, -0.1) is 10.2 Å². The van der Waals surface area contributed by atoms with Crippen molar-refractivity contribution < 1.29 is 32.2 Å². The van der Waals surface area contributed by atoms with Gasteiger partial charge in [0, 0.05) is 31.4 Å². The summed E-state index contributed by atoms with van der Waals surface area (Å²) < 4.78 is 60.0. The zero-order valence-corrected chi connectivity index (χ0v) is 19.2. The van der Waals surface area contributed by atoms with Crippen molar-refractivity contribution in [2.75, 3.05) is 18.4 Å². The number of carbonyl (C=O) groups is 1. The maximum absolute atomic E-state index is 14.4. The van der Waals surface area contributed by atoms with E-state index in [1.165, 1.54) is 21.7 Å². The van der Waals surface area contributed by atoms with Crippen LogP contribution in [-0.2, 0) is 10.9 Å². The number of nitrogens with one attached hydrogen (secondary N) is 1. The lowest BCUT2D eigenvalue weighted by molar-refractivity contribution is -0.137. The first-order chi connectivity index (χ1) is 16.3. The topological polar surface area (TPSA) is 105 Å². The number of nitrogens with zero attached hydrogens (tertiary/aromatic N) is 5. The number of alkyl halides is 4. The van der Waals surface area contributed by atoms with Crippen molar-refractivity contribution in [2.24, 2.45) is 0 Å². The van der Waals surface area contributed by atoms with Crippen molar-refractivity contribution in [1.82, 2.24) is 24.5 Å². The molecular weight excluding hydrogens is 472 g/mol. The average molecular weight is 496 g/mol. The second kappa shape index (κ2) is 8.86. The summed E-state index contributed by atoms with van der Waals surface area (Å²) in [5.74, 6) is -0.365. The summed E-state index contributed by atoms with van der Waals surface area (Å²) in [7, 11) is 0. The Hall–Kier alpha value is -3.64. The summed E-state index contributed by atoms with van der Waals surface area (Å²) in [6.45, 7) is 5.23. The van der Waals surface area contributed by atoms with Gasteiger partial charge in [0.2, 0.25) is 0 Å². The number of likely N-dealkylation sites (tertiary alicyclic amines) is 1. The normalized spacial score (nSPS) is 19.1. The van der Waals surface area contributed by atoms with Crippen LogP contribution in [0, 0.1) is 0 Å². The van der Waals surface area contributed by atoms with Gasteiger partial charge in [0.15, 0.2) is 17.3 Å². The number of aromatic nitrogens is 4. The molecule has 0 unspecified atom stereocenters. The molecule has 1 aliphatic rings. The number of ether oxygens (including phenoxy) is 1. The molecule has 0 bridgehead atoms. The van der Waals surface area contributed by atoms with Gasteiger partial charge >= 0.3 is 12.3 Å². The molecule has 1 fully saturated rings. The van der Waals surface area contributed by atoms with E-state index in [0.29, 0.717) is 6.07 Å². The number of imidazole rings is 1. The van der Waals surface area contributed by atoms with Gasteiger partial charge < -0.3 is 20.1 Å². The highest BCUT2D eigenvalue weighted by Crippen LogP contribution is 2.36. The molecule has 1 aliphatic heterocycles. The minimum absolute atomic E-state index is 0.0256. The molecule has 4 rings (SSSR count). The maximum atomic E-state index is 14.4. The van der Waals surface area contributed by atoms with E-state index in [-0.39, 0.29) is 42.4 Å². The number of phenolic OH excluding ortho intramolecular Hbond substituents is 1. The maximum Gasteiger partial charge on any atom is 0.416 e. The lowest BCUT2D eigenvalue weighted by Crippen LogP contribution is -2.51. The molecule has 2 atom stereocenters. The van der Waals surface area contributed by atoms with Crippen LogP contribution in [0.1, 0.15) is 32.8 Å². The zero-order chi connectivity index (χ0) is 25.5. The van der Waals surface area contributed by atoms with Crippen LogP contribution in [0.15, 0.2) is 30.6 Å². The molecule has 1 amide bonds. The van der Waals surface area contributed by atoms with E-state index < -0.39 is 41.4 Å². The van der Waals surface area contributed by atoms with Crippen LogP contribution in [0.25, 0.3) is 17.0 Å². The summed E-state index contributed by atoms with van der Waals surface area (Å²) in [6, 6.07) is 2.02. The highest BCUT2D eigenvalue weighted by molar-refractivity contribution is 5.72. The predicted molar refractivity (Wildman–Crippen MR) is 118 cm³/mol. The number of aromatic hydroxyl groups is 1. The fourth-order valence-electron chi connectivity index (χ4n) is 3.82. The van der Waals surface area contributed by atoms with E-state index in [1.807, 2.05) is 0 Å². The van der Waals surface area contributed by atoms with Crippen LogP contribution in [0.3, 0.4) is 0 Å². The van der Waals surface area contributed by atoms with E-state index in [4.69, 9.17) is 4.74 Å². The van der Waals surface area contributed by atoms with Crippen molar-refractivity contribution in [2.45, 2.75) is 51.2 Å². The molecule has 2 N–H and O–H groups in total. The van der Waals surface area contributed by atoms with Crippen molar-refractivity contribution in [3.63, 3.8) is 0 Å². The molecule has 2 aromatic heterocycles. The lowest BCUT2D eigenvalue weighted by atomic mass is 10.0. The standard InChI is InChI=1S/C22H24F4N6O3/c1-21(2,3)35-20(34)31-10-13(23)9-14(11-31)28-17-19-27-6-7-32(19)18(30-29-17)15-5-4-12(8-16(15)33)22(24,25)26/h4-8,13-14,33H,9-11H2,1-3H3,(H,28,29)/t13-,14-/m1/s1. The number of phenols is 1. The number of piperidine rings is 1. The molecule has 1 aromatic carbocycles. The molecule has 3 heterocycles. The van der Waals surface area contributed by atoms with Gasteiger partial charge in [-0.2, -0.15) is 13.2 Å². The summed E-state index contributed by atoms with van der Waals surface area (Å²) in [4.78, 5) is 17.9. The van der Waals surface area contributed by atoms with E-state index in [9.17, 15) is 27.5 Å². The van der Waals surface area contributed by atoms with Gasteiger partial charge in [-0.05, 0) is 39.0 Å². The molecule has 3 aromatic rings. The van der Waals surface area contributed by atoms with Crippen molar-refractivity contribution >= 4 is 17.6 Å². The number of halogens is 4. The largest absolute Gasteiger partial charge is 0.507 e. The van der Waals surface area contributed by atoms with Crippen molar-refractivity contribution in [3.05, 3.63) is 36.2 Å². The molecule has 0 saturated carbocycles. The Bertz CT molecular complexity index is 1240. The Kier molecular flexibility index (Phi) is 6.20. The molecule has 0 aliphatic carbocycles. The fourth-order valence-corrected chi connectivity index (χ4v) is 3.82. The van der Waals surface area contributed by atoms with Gasteiger partial charge in [0.05, 0.1) is 17.7 Å². The predicted octanol–water partition coefficient (Wildman–Crippen LogP) is 4.28. The van der Waals surface area contributed by atoms with E-state index in [1.54, 1.807) is 20.8 Å². The molecule has 188 valence electrons. The second-order valence-electron chi connectivity index (χ2n) is 9.28. The summed E-state index contributed by atoms with van der Waals surface area (Å²) in [5.41, 5.74) is -1.44. The summed E-state index contributed by atoms with van der Waals surface area (Å²) >= 11 is 0. The van der Waals surface area contributed by atoms with E-state index in [2.05, 4.69) is 20.5 Å². The average Bonchev–Trinajstić information content (AvgIpc) is 3.22. The number of benzene rings is 1. The van der Waals surface area contributed by atoms with Crippen molar-refractivity contribution in [1.29, 1.82) is 0 Å². The Labute approximate surface area is 197 Å². The molecule has 0 radical (unpaired) electrons. The first-order valence-corrected chi connectivity index (χ1v) is 10.8. The molecular formula is C22H24F4N6O3. The summed E-state index contributed by atoms with van der Waals surface area (Å²) in [5, 5.41) is 21.4. The number of hydrogen-bond donors (Lipinski definition) is 2. The van der Waals surface area contributed by atoms with Crippen LogP contribution in [0.5, 0.6) is 5.75 Å². The third-order valence-corrected chi connectivity index (χ3v) is 5.28. The quantitative estimate of drug-likeness (QED) is 0.522. The first kappa shape index (κ1) is 24.5. The molecule has 1 saturated heterocycles. The lowest BCUT2D eigenvalue weighted by Gasteiger charge is -2.36. The molecule has 35 heavy (non-hydrogen) atoms. The minimum atomic E-state index is -4.61. The SMILES string of the molecule is CC(C)(C)OC(=O)N1C[C@H](F)C[C@@H](Nc2nnc(-c3ccc(C(F)(F)F)cc3O)n3ccnc23)C1. The monoisotopic (exact) mass is 496 g/mol. The Morgan fingerprint density at radius 3 is 2.60 bits per heavy atom. The zero-order valence-electron chi connectivity index (χ0n) is 19.2. The minimum Gasteiger partial charge on any atom is -0.507 e. The van der Waals surface area contributed by atoms with Crippen LogP contribution in [0.4, 0.5) is 28.2 Å². The van der Waals surface area contributed by atoms with Gasteiger partial charge in [0.1, 0.15) is 17.5 Å². The molecule has 13 heteroatoms. The number of hydrogen-bond acceptors (Lipinski definition) is 7. The molecule has 9 nitrogen and oxygen atoms in total. The second-order valence-corrected chi connectivity index (χ2v) is 9.28. The number of carbonyl (C=O) groups excluding carboxylic acids is 1. The van der Waals surface area contributed by atoms with Gasteiger partial charge in [-0.1, -0.05) is 0 Å². The van der Waals surface area contributed by atoms with Crippen LogP contribution in [-0.4, -0.2) is 66.6 Å². The first-order valence-electron chi connectivity index (χ1n) is 10.8.